The van der Waals surface area contributed by atoms with Crippen LogP contribution in [0.3, 0.4) is 0 Å². The quantitative estimate of drug-likeness (QED) is 0.254. The van der Waals surface area contributed by atoms with Crippen molar-refractivity contribution in [2.45, 2.75) is 19.4 Å². The summed E-state index contributed by atoms with van der Waals surface area (Å²) in [6.45, 7) is 1.81. The monoisotopic (exact) mass is 496 g/mol. The molecule has 0 aliphatic rings. The molecule has 1 atom stereocenters. The van der Waals surface area contributed by atoms with Gasteiger partial charge in [-0.1, -0.05) is 49.4 Å². The molecule has 0 aliphatic heterocycles. The van der Waals surface area contributed by atoms with E-state index in [2.05, 4.69) is 5.32 Å². The fourth-order valence-electron chi connectivity index (χ4n) is 4.09. The minimum Gasteiger partial charge on any atom is -0.497 e. The molecule has 0 spiro atoms. The molecule has 0 radical (unpaired) electrons. The number of nitrogens with zero attached hydrogens (tertiary/aromatic N) is 1. The maximum atomic E-state index is 13.4. The van der Waals surface area contributed by atoms with Crippen molar-refractivity contribution in [3.63, 3.8) is 0 Å². The Balaban J connectivity index is 1.45. The van der Waals surface area contributed by atoms with Crippen LogP contribution < -0.4 is 10.1 Å². The van der Waals surface area contributed by atoms with Crippen LogP contribution in [0.1, 0.15) is 23.7 Å². The van der Waals surface area contributed by atoms with Crippen LogP contribution in [0.25, 0.3) is 31.6 Å². The zero-order valence-corrected chi connectivity index (χ0v) is 20.7. The minimum absolute atomic E-state index is 0.337. The van der Waals surface area contributed by atoms with Gasteiger partial charge < -0.3 is 14.8 Å². The summed E-state index contributed by atoms with van der Waals surface area (Å²) >= 11 is 1.58. The van der Waals surface area contributed by atoms with E-state index in [4.69, 9.17) is 14.5 Å². The maximum absolute atomic E-state index is 13.4. The molecule has 0 aliphatic carbocycles. The molecule has 1 N–H and O–H groups in total. The first-order chi connectivity index (χ1) is 17.6. The number of ether oxygens (including phenoxy) is 2. The van der Waals surface area contributed by atoms with Crippen LogP contribution in [-0.2, 0) is 9.53 Å². The predicted octanol–water partition coefficient (Wildman–Crippen LogP) is 6.70. The van der Waals surface area contributed by atoms with E-state index in [1.165, 1.54) is 0 Å². The lowest BCUT2D eigenvalue weighted by atomic mass is 9.99. The molecule has 5 aromatic rings. The summed E-state index contributed by atoms with van der Waals surface area (Å²) in [5, 5.41) is 5.29. The molecular formula is C29H24N2O4S. The number of carbonyl (C=O) groups is 2. The van der Waals surface area contributed by atoms with Gasteiger partial charge in [0.25, 0.3) is 5.91 Å². The highest BCUT2D eigenvalue weighted by Crippen LogP contribution is 2.36. The van der Waals surface area contributed by atoms with Crippen LogP contribution in [0.5, 0.6) is 5.75 Å². The second-order valence-corrected chi connectivity index (χ2v) is 9.25. The number of nitrogens with one attached hydrogen (secondary N) is 1. The number of thiazole rings is 1. The fraction of sp³-hybridized carbons (Fsp3) is 0.138. The molecule has 5 rings (SSSR count). The molecule has 1 aromatic heterocycles. The van der Waals surface area contributed by atoms with Crippen LogP contribution in [-0.4, -0.2) is 30.1 Å². The van der Waals surface area contributed by atoms with Gasteiger partial charge in [-0.15, -0.1) is 11.3 Å². The molecule has 1 heterocycles. The van der Waals surface area contributed by atoms with E-state index in [-0.39, 0.29) is 5.91 Å². The van der Waals surface area contributed by atoms with Gasteiger partial charge in [0, 0.05) is 16.6 Å². The number of carbonyl (C=O) groups excluding carboxylic acids is 2. The van der Waals surface area contributed by atoms with Gasteiger partial charge in [0.1, 0.15) is 10.8 Å². The number of rotatable bonds is 7. The summed E-state index contributed by atoms with van der Waals surface area (Å²) < 4.78 is 12.0. The molecule has 1 unspecified atom stereocenters. The third kappa shape index (κ3) is 4.65. The van der Waals surface area contributed by atoms with Crippen molar-refractivity contribution < 1.29 is 19.1 Å². The molecule has 4 aromatic carbocycles. The van der Waals surface area contributed by atoms with Gasteiger partial charge in [-0.3, -0.25) is 4.79 Å². The Hall–Kier alpha value is -4.23. The lowest BCUT2D eigenvalue weighted by Gasteiger charge is -2.17. The van der Waals surface area contributed by atoms with Crippen molar-refractivity contribution in [2.75, 3.05) is 12.4 Å². The van der Waals surface area contributed by atoms with E-state index < -0.39 is 12.1 Å². The second kappa shape index (κ2) is 10.2. The molecule has 7 heteroatoms. The lowest BCUT2D eigenvalue weighted by molar-refractivity contribution is -0.124. The topological polar surface area (TPSA) is 77.5 Å². The summed E-state index contributed by atoms with van der Waals surface area (Å²) in [7, 11) is 1.58. The zero-order valence-electron chi connectivity index (χ0n) is 19.9. The number of para-hydroxylation sites is 1. The van der Waals surface area contributed by atoms with Crippen LogP contribution in [0.2, 0.25) is 0 Å². The van der Waals surface area contributed by atoms with Gasteiger partial charge in [-0.2, -0.15) is 0 Å². The van der Waals surface area contributed by atoms with E-state index in [1.54, 1.807) is 55.7 Å². The van der Waals surface area contributed by atoms with Crippen molar-refractivity contribution >= 4 is 49.9 Å². The maximum Gasteiger partial charge on any atom is 0.339 e. The van der Waals surface area contributed by atoms with Gasteiger partial charge in [0.05, 0.1) is 22.9 Å². The van der Waals surface area contributed by atoms with E-state index >= 15 is 0 Å². The lowest BCUT2D eigenvalue weighted by Crippen LogP contribution is -2.32. The minimum atomic E-state index is -0.940. The molecule has 36 heavy (non-hydrogen) atoms. The first kappa shape index (κ1) is 23.5. The summed E-state index contributed by atoms with van der Waals surface area (Å²) in [5.74, 6) is -0.250. The normalized spacial score (nSPS) is 11.8. The SMILES string of the molecule is CCC(OC(=O)c1cccc2cccc(-c3nc4ccccc4s3)c12)C(=O)Nc1ccc(OC)cc1. The number of hydrogen-bond donors (Lipinski definition) is 1. The van der Waals surface area contributed by atoms with Gasteiger partial charge in [0.2, 0.25) is 0 Å². The number of hydrogen-bond acceptors (Lipinski definition) is 6. The molecule has 0 fully saturated rings. The Morgan fingerprint density at radius 1 is 0.944 bits per heavy atom. The first-order valence-electron chi connectivity index (χ1n) is 11.6. The largest absolute Gasteiger partial charge is 0.497 e. The fourth-order valence-corrected chi connectivity index (χ4v) is 5.09. The summed E-state index contributed by atoms with van der Waals surface area (Å²) in [6, 6.07) is 26.3. The highest BCUT2D eigenvalue weighted by atomic mass is 32.1. The summed E-state index contributed by atoms with van der Waals surface area (Å²) in [4.78, 5) is 31.1. The highest BCUT2D eigenvalue weighted by molar-refractivity contribution is 7.21. The number of aromatic nitrogens is 1. The number of amides is 1. The summed E-state index contributed by atoms with van der Waals surface area (Å²) in [5.41, 5.74) is 2.77. The first-order valence-corrected chi connectivity index (χ1v) is 12.4. The number of fused-ring (bicyclic) bond motifs is 2. The van der Waals surface area contributed by atoms with Crippen LogP contribution in [0, 0.1) is 0 Å². The Bertz CT molecular complexity index is 1520. The Labute approximate surface area is 212 Å². The Morgan fingerprint density at radius 3 is 2.42 bits per heavy atom. The molecule has 6 nitrogen and oxygen atoms in total. The van der Waals surface area contributed by atoms with E-state index in [9.17, 15) is 9.59 Å². The molecule has 0 saturated heterocycles. The van der Waals surface area contributed by atoms with Gasteiger partial charge in [0.15, 0.2) is 6.10 Å². The summed E-state index contributed by atoms with van der Waals surface area (Å²) in [6.07, 6.45) is -0.604. The number of anilines is 1. The van der Waals surface area contributed by atoms with Crippen molar-refractivity contribution in [1.29, 1.82) is 0 Å². The Kier molecular flexibility index (Phi) is 6.64. The van der Waals surface area contributed by atoms with Gasteiger partial charge in [-0.05, 0) is 54.3 Å². The second-order valence-electron chi connectivity index (χ2n) is 8.22. The van der Waals surface area contributed by atoms with Crippen LogP contribution in [0.15, 0.2) is 84.9 Å². The van der Waals surface area contributed by atoms with E-state index in [0.29, 0.717) is 23.4 Å². The van der Waals surface area contributed by atoms with Crippen LogP contribution >= 0.6 is 11.3 Å². The van der Waals surface area contributed by atoms with Crippen molar-refractivity contribution in [2.24, 2.45) is 0 Å². The number of esters is 1. The average Bonchev–Trinajstić information content (AvgIpc) is 3.35. The van der Waals surface area contributed by atoms with Crippen molar-refractivity contribution in [1.82, 2.24) is 4.98 Å². The average molecular weight is 497 g/mol. The van der Waals surface area contributed by atoms with Crippen LogP contribution in [0.4, 0.5) is 5.69 Å². The smallest absolute Gasteiger partial charge is 0.339 e. The molecule has 180 valence electrons. The Morgan fingerprint density at radius 2 is 1.69 bits per heavy atom. The third-order valence-corrected chi connectivity index (χ3v) is 6.99. The molecule has 1 amide bonds. The number of benzene rings is 4. The molecule has 0 saturated carbocycles. The third-order valence-electron chi connectivity index (χ3n) is 5.92. The van der Waals surface area contributed by atoms with E-state index in [1.807, 2.05) is 54.6 Å². The highest BCUT2D eigenvalue weighted by Gasteiger charge is 2.24. The predicted molar refractivity (Wildman–Crippen MR) is 144 cm³/mol. The zero-order chi connectivity index (χ0) is 25.1. The van der Waals surface area contributed by atoms with Crippen molar-refractivity contribution in [3.05, 3.63) is 90.5 Å². The standard InChI is InChI=1S/C29H24N2O4S/c1-3-24(27(32)30-19-14-16-20(34-2)17-15-19)35-29(33)22-11-7-9-18-8-6-10-21(26(18)22)28-31-23-12-4-5-13-25(23)36-28/h4-17,24H,3H2,1-2H3,(H,30,32). The molecular weight excluding hydrogens is 472 g/mol. The van der Waals surface area contributed by atoms with Gasteiger partial charge in [-0.25, -0.2) is 9.78 Å². The number of methoxy groups -OCH3 is 1. The van der Waals surface area contributed by atoms with Gasteiger partial charge >= 0.3 is 5.97 Å². The molecule has 0 bridgehead atoms. The van der Waals surface area contributed by atoms with E-state index in [0.717, 1.165) is 31.6 Å². The van der Waals surface area contributed by atoms with Crippen molar-refractivity contribution in [3.8, 4) is 16.3 Å².